The van der Waals surface area contributed by atoms with Crippen molar-refractivity contribution in [2.45, 2.75) is 25.5 Å². The molecule has 0 fully saturated rings. The first-order chi connectivity index (χ1) is 9.08. The molecule has 0 aromatic carbocycles. The van der Waals surface area contributed by atoms with Crippen LogP contribution in [0.1, 0.15) is 16.8 Å². The van der Waals surface area contributed by atoms with E-state index in [-0.39, 0.29) is 5.69 Å². The summed E-state index contributed by atoms with van der Waals surface area (Å²) in [4.78, 5) is 3.09. The lowest BCUT2D eigenvalue weighted by Gasteiger charge is -2.17. The van der Waals surface area contributed by atoms with E-state index in [9.17, 15) is 26.3 Å². The van der Waals surface area contributed by atoms with Gasteiger partial charge in [-0.25, -0.2) is 4.98 Å². The zero-order valence-electron chi connectivity index (χ0n) is 9.64. The summed E-state index contributed by atoms with van der Waals surface area (Å²) < 4.78 is 78.1. The van der Waals surface area contributed by atoms with Crippen molar-refractivity contribution >= 4 is 0 Å². The maximum absolute atomic E-state index is 12.8. The maximum atomic E-state index is 12.8. The second-order valence-electron chi connectivity index (χ2n) is 3.54. The summed E-state index contributed by atoms with van der Waals surface area (Å²) in [6.07, 6.45) is -11.2. The zero-order chi connectivity index (χ0) is 15.6. The number of aromatic nitrogens is 1. The largest absolute Gasteiger partial charge is 0.574 e. The first kappa shape index (κ1) is 16.0. The van der Waals surface area contributed by atoms with E-state index in [2.05, 4.69) is 9.72 Å². The van der Waals surface area contributed by atoms with Gasteiger partial charge in [0.1, 0.15) is 5.56 Å². The van der Waals surface area contributed by atoms with Crippen LogP contribution in [-0.4, -0.2) is 11.3 Å². The molecule has 1 heterocycles. The van der Waals surface area contributed by atoms with Gasteiger partial charge in [-0.2, -0.15) is 18.4 Å². The van der Waals surface area contributed by atoms with Gasteiger partial charge in [-0.3, -0.25) is 0 Å². The standard InChI is InChI=1S/C10H7F6N3O/c11-9(12,13)7-5(1-2-17)3-6(4-18)19-8(7)20-10(14,15)16/h3H,1,4,18H2. The summed E-state index contributed by atoms with van der Waals surface area (Å²) in [6.45, 7) is -0.398. The Hall–Kier alpha value is -2.02. The van der Waals surface area contributed by atoms with Gasteiger partial charge in [0, 0.05) is 6.54 Å². The average molecular weight is 299 g/mol. The third-order valence-electron chi connectivity index (χ3n) is 2.10. The topological polar surface area (TPSA) is 71.9 Å². The van der Waals surface area contributed by atoms with E-state index in [0.29, 0.717) is 0 Å². The van der Waals surface area contributed by atoms with Gasteiger partial charge in [0.05, 0.1) is 18.2 Å². The summed E-state index contributed by atoms with van der Waals surface area (Å²) in [6, 6.07) is 2.26. The molecule has 0 atom stereocenters. The molecular formula is C10H7F6N3O. The van der Waals surface area contributed by atoms with Crippen LogP contribution in [0.4, 0.5) is 26.3 Å². The predicted octanol–water partition coefficient (Wildman–Crippen LogP) is 2.52. The van der Waals surface area contributed by atoms with Gasteiger partial charge in [-0.15, -0.1) is 13.2 Å². The molecule has 0 aliphatic heterocycles. The van der Waals surface area contributed by atoms with E-state index < -0.39 is 42.5 Å². The minimum atomic E-state index is -5.34. The Kier molecular flexibility index (Phi) is 4.44. The van der Waals surface area contributed by atoms with Gasteiger partial charge >= 0.3 is 12.5 Å². The van der Waals surface area contributed by atoms with E-state index in [1.54, 1.807) is 0 Å². The first-order valence-corrected chi connectivity index (χ1v) is 5.01. The number of alkyl halides is 6. The second kappa shape index (κ2) is 5.54. The van der Waals surface area contributed by atoms with Crippen LogP contribution in [0.2, 0.25) is 0 Å². The number of rotatable bonds is 3. The Morgan fingerprint density at radius 3 is 2.25 bits per heavy atom. The predicted molar refractivity (Wildman–Crippen MR) is 53.1 cm³/mol. The molecular weight excluding hydrogens is 292 g/mol. The Balaban J connectivity index is 3.52. The molecule has 0 radical (unpaired) electrons. The maximum Gasteiger partial charge on any atom is 0.574 e. The van der Waals surface area contributed by atoms with E-state index >= 15 is 0 Å². The molecule has 1 aromatic rings. The third kappa shape index (κ3) is 3.99. The number of hydrogen-bond donors (Lipinski definition) is 1. The molecule has 20 heavy (non-hydrogen) atoms. The van der Waals surface area contributed by atoms with Crippen LogP contribution < -0.4 is 10.5 Å². The normalized spacial score (nSPS) is 12.1. The lowest BCUT2D eigenvalue weighted by Crippen LogP contribution is -2.23. The molecule has 0 unspecified atom stereocenters. The van der Waals surface area contributed by atoms with Crippen LogP contribution in [0.15, 0.2) is 6.07 Å². The van der Waals surface area contributed by atoms with Crippen molar-refractivity contribution in [3.8, 4) is 11.9 Å². The first-order valence-electron chi connectivity index (χ1n) is 5.01. The monoisotopic (exact) mass is 299 g/mol. The van der Waals surface area contributed by atoms with Crippen molar-refractivity contribution in [2.75, 3.05) is 0 Å². The summed E-state index contributed by atoms with van der Waals surface area (Å²) in [7, 11) is 0. The number of nitrogens with zero attached hydrogens (tertiary/aromatic N) is 2. The quantitative estimate of drug-likeness (QED) is 0.870. The number of nitrogens with two attached hydrogens (primary N) is 1. The minimum Gasteiger partial charge on any atom is -0.387 e. The van der Waals surface area contributed by atoms with Crippen LogP contribution >= 0.6 is 0 Å². The van der Waals surface area contributed by atoms with Crippen molar-refractivity contribution in [3.05, 3.63) is 22.9 Å². The minimum absolute atomic E-state index is 0.248. The molecule has 0 saturated heterocycles. The van der Waals surface area contributed by atoms with Gasteiger partial charge in [-0.05, 0) is 11.6 Å². The molecule has 2 N–H and O–H groups in total. The number of halogens is 6. The highest BCUT2D eigenvalue weighted by atomic mass is 19.4. The molecule has 0 aliphatic carbocycles. The molecule has 1 rings (SSSR count). The zero-order valence-corrected chi connectivity index (χ0v) is 9.64. The fourth-order valence-corrected chi connectivity index (χ4v) is 1.45. The van der Waals surface area contributed by atoms with Gasteiger partial charge < -0.3 is 10.5 Å². The van der Waals surface area contributed by atoms with Gasteiger partial charge in [0.2, 0.25) is 5.88 Å². The molecule has 0 amide bonds. The molecule has 4 nitrogen and oxygen atoms in total. The van der Waals surface area contributed by atoms with Crippen LogP contribution in [0.5, 0.6) is 5.88 Å². The summed E-state index contributed by atoms with van der Waals surface area (Å²) in [5.74, 6) is -1.65. The molecule has 0 saturated carbocycles. The molecule has 0 bridgehead atoms. The molecule has 110 valence electrons. The Morgan fingerprint density at radius 1 is 1.25 bits per heavy atom. The lowest BCUT2D eigenvalue weighted by molar-refractivity contribution is -0.278. The van der Waals surface area contributed by atoms with Gasteiger partial charge in [0.25, 0.3) is 0 Å². The highest BCUT2D eigenvalue weighted by Gasteiger charge is 2.42. The van der Waals surface area contributed by atoms with Crippen molar-refractivity contribution in [3.63, 3.8) is 0 Å². The second-order valence-corrected chi connectivity index (χ2v) is 3.54. The van der Waals surface area contributed by atoms with E-state index in [4.69, 9.17) is 11.0 Å². The fraction of sp³-hybridized carbons (Fsp3) is 0.400. The Morgan fingerprint density at radius 2 is 1.85 bits per heavy atom. The molecule has 0 aliphatic rings. The summed E-state index contributed by atoms with van der Waals surface area (Å²) in [5, 5.41) is 8.46. The van der Waals surface area contributed by atoms with Crippen molar-refractivity contribution in [1.82, 2.24) is 4.98 Å². The number of pyridine rings is 1. The highest BCUT2D eigenvalue weighted by Crippen LogP contribution is 2.40. The van der Waals surface area contributed by atoms with Crippen molar-refractivity contribution in [1.29, 1.82) is 5.26 Å². The van der Waals surface area contributed by atoms with Crippen molar-refractivity contribution < 1.29 is 31.1 Å². The third-order valence-corrected chi connectivity index (χ3v) is 2.10. The molecule has 1 aromatic heterocycles. The van der Waals surface area contributed by atoms with E-state index in [0.717, 1.165) is 6.07 Å². The number of hydrogen-bond acceptors (Lipinski definition) is 4. The SMILES string of the molecule is N#CCc1cc(CN)nc(OC(F)(F)F)c1C(F)(F)F. The average Bonchev–Trinajstić information content (AvgIpc) is 2.24. The number of nitriles is 1. The van der Waals surface area contributed by atoms with Crippen molar-refractivity contribution in [2.24, 2.45) is 5.73 Å². The Labute approximate surface area is 108 Å². The fourth-order valence-electron chi connectivity index (χ4n) is 1.45. The van der Waals surface area contributed by atoms with Crippen LogP contribution in [0, 0.1) is 11.3 Å². The van der Waals surface area contributed by atoms with Crippen LogP contribution in [-0.2, 0) is 19.1 Å². The lowest BCUT2D eigenvalue weighted by atomic mass is 10.1. The molecule has 10 heteroatoms. The summed E-state index contributed by atoms with van der Waals surface area (Å²) in [5.41, 5.74) is 2.50. The molecule has 0 spiro atoms. The van der Waals surface area contributed by atoms with E-state index in [1.807, 2.05) is 0 Å². The van der Waals surface area contributed by atoms with Crippen LogP contribution in [0.25, 0.3) is 0 Å². The van der Waals surface area contributed by atoms with Crippen LogP contribution in [0.3, 0.4) is 0 Å². The Bertz CT molecular complexity index is 532. The summed E-state index contributed by atoms with van der Waals surface area (Å²) >= 11 is 0. The van der Waals surface area contributed by atoms with E-state index in [1.165, 1.54) is 6.07 Å². The van der Waals surface area contributed by atoms with Gasteiger partial charge in [-0.1, -0.05) is 0 Å². The number of ether oxygens (including phenoxy) is 1. The van der Waals surface area contributed by atoms with Gasteiger partial charge in [0.15, 0.2) is 0 Å². The smallest absolute Gasteiger partial charge is 0.387 e. The highest BCUT2D eigenvalue weighted by molar-refractivity contribution is 5.41.